The molecule has 1 aromatic carbocycles. The predicted octanol–water partition coefficient (Wildman–Crippen LogP) is 0.612. The molecule has 3 aliphatic rings. The van der Waals surface area contributed by atoms with E-state index < -0.39 is 0 Å². The van der Waals surface area contributed by atoms with E-state index in [1.807, 2.05) is 4.90 Å². The molecule has 0 amide bonds. The zero-order valence-corrected chi connectivity index (χ0v) is 18.2. The summed E-state index contributed by atoms with van der Waals surface area (Å²) in [4.78, 5) is 3.44. The first-order valence-electron chi connectivity index (χ1n) is 11.9. The first kappa shape index (κ1) is 19.9. The van der Waals surface area contributed by atoms with Crippen molar-refractivity contribution in [2.45, 2.75) is 69.5 Å². The molecule has 0 bridgehead atoms. The van der Waals surface area contributed by atoms with E-state index in [9.17, 15) is 0 Å². The zero-order valence-electron chi connectivity index (χ0n) is 18.2. The predicted molar refractivity (Wildman–Crippen MR) is 114 cm³/mol. The molecular formula is C23H36N6O+2. The topological polar surface area (TPSA) is 61.7 Å². The molecule has 3 fully saturated rings. The molecule has 7 heteroatoms. The van der Waals surface area contributed by atoms with Crippen molar-refractivity contribution in [2.75, 3.05) is 33.3 Å². The summed E-state index contributed by atoms with van der Waals surface area (Å²) in [5.41, 5.74) is 1.30. The molecule has 0 unspecified atom stereocenters. The molecule has 30 heavy (non-hydrogen) atoms. The molecule has 0 spiro atoms. The number of hydrogen-bond acceptors (Lipinski definition) is 4. The van der Waals surface area contributed by atoms with Crippen molar-refractivity contribution in [3.8, 4) is 5.75 Å². The third-order valence-corrected chi connectivity index (χ3v) is 7.77. The Morgan fingerprint density at radius 1 is 0.933 bits per heavy atom. The third-order valence-electron chi connectivity index (χ3n) is 7.77. The summed E-state index contributed by atoms with van der Waals surface area (Å²) < 4.78 is 7.56. The lowest BCUT2D eigenvalue weighted by Crippen LogP contribution is -3.29. The Kier molecular flexibility index (Phi) is 6.00. The number of nitrogens with one attached hydrogen (secondary N) is 2. The highest BCUT2D eigenvalue weighted by Gasteiger charge is 2.39. The van der Waals surface area contributed by atoms with Gasteiger partial charge >= 0.3 is 0 Å². The fourth-order valence-electron chi connectivity index (χ4n) is 6.09. The van der Waals surface area contributed by atoms with Gasteiger partial charge in [0.2, 0.25) is 5.82 Å². The van der Waals surface area contributed by atoms with Crippen LogP contribution in [0.25, 0.3) is 0 Å². The molecule has 1 atom stereocenters. The Labute approximate surface area is 179 Å². The number of aromatic nitrogens is 4. The van der Waals surface area contributed by atoms with E-state index in [0.29, 0.717) is 6.04 Å². The van der Waals surface area contributed by atoms with Crippen LogP contribution in [-0.2, 0) is 0 Å². The second kappa shape index (κ2) is 9.02. The average molecular weight is 413 g/mol. The zero-order chi connectivity index (χ0) is 20.3. The van der Waals surface area contributed by atoms with Crippen LogP contribution in [0.5, 0.6) is 5.75 Å². The fourth-order valence-corrected chi connectivity index (χ4v) is 6.09. The van der Waals surface area contributed by atoms with Gasteiger partial charge in [-0.25, -0.2) is 4.68 Å². The molecule has 2 aromatic rings. The van der Waals surface area contributed by atoms with Gasteiger partial charge in [-0.15, -0.1) is 5.10 Å². The molecule has 5 rings (SSSR count). The van der Waals surface area contributed by atoms with Gasteiger partial charge in [-0.05, 0) is 73.2 Å². The minimum atomic E-state index is 0.191. The van der Waals surface area contributed by atoms with Gasteiger partial charge in [-0.3, -0.25) is 0 Å². The Morgan fingerprint density at radius 3 is 2.27 bits per heavy atom. The molecule has 2 saturated carbocycles. The van der Waals surface area contributed by atoms with Gasteiger partial charge in [0.05, 0.1) is 19.2 Å². The number of methoxy groups -OCH3 is 1. The summed E-state index contributed by atoms with van der Waals surface area (Å²) in [5, 5.41) is 13.2. The van der Waals surface area contributed by atoms with Crippen molar-refractivity contribution in [1.82, 2.24) is 20.2 Å². The molecular weight excluding hydrogens is 376 g/mol. The number of ether oxygens (including phenoxy) is 1. The minimum Gasteiger partial charge on any atom is -0.497 e. The largest absolute Gasteiger partial charge is 0.497 e. The fraction of sp³-hybridized carbons (Fsp3) is 0.696. The summed E-state index contributed by atoms with van der Waals surface area (Å²) >= 11 is 0. The number of nitrogens with zero attached hydrogens (tertiary/aromatic N) is 4. The van der Waals surface area contributed by atoms with E-state index in [0.717, 1.165) is 17.6 Å². The van der Waals surface area contributed by atoms with E-state index in [4.69, 9.17) is 4.74 Å². The highest BCUT2D eigenvalue weighted by atomic mass is 16.5. The summed E-state index contributed by atoms with van der Waals surface area (Å²) in [6.45, 7) is 4.88. The monoisotopic (exact) mass is 412 g/mol. The Balaban J connectivity index is 1.41. The maximum absolute atomic E-state index is 5.41. The molecule has 162 valence electrons. The summed E-state index contributed by atoms with van der Waals surface area (Å²) in [5.74, 6) is 1.95. The van der Waals surface area contributed by atoms with Crippen LogP contribution in [0.1, 0.15) is 74.8 Å². The van der Waals surface area contributed by atoms with Gasteiger partial charge in [0.25, 0.3) is 0 Å². The molecule has 2 aliphatic carbocycles. The second-order valence-electron chi connectivity index (χ2n) is 9.42. The van der Waals surface area contributed by atoms with Crippen molar-refractivity contribution in [1.29, 1.82) is 0 Å². The quantitative estimate of drug-likeness (QED) is 0.730. The van der Waals surface area contributed by atoms with E-state index in [1.165, 1.54) is 83.1 Å². The van der Waals surface area contributed by atoms with Gasteiger partial charge in [0.15, 0.2) is 6.04 Å². The molecule has 0 radical (unpaired) electrons. The lowest BCUT2D eigenvalue weighted by Gasteiger charge is -2.36. The second-order valence-corrected chi connectivity index (χ2v) is 9.42. The normalized spacial score (nSPS) is 26.8. The summed E-state index contributed by atoms with van der Waals surface area (Å²) in [6, 6.07) is 10.1. The maximum Gasteiger partial charge on any atom is 0.214 e. The highest BCUT2D eigenvalue weighted by Crippen LogP contribution is 2.31. The van der Waals surface area contributed by atoms with Crippen molar-refractivity contribution in [3.05, 3.63) is 35.7 Å². The molecule has 2 heterocycles. The molecule has 2 N–H and O–H groups in total. The molecule has 1 aromatic heterocycles. The van der Waals surface area contributed by atoms with Gasteiger partial charge in [0.1, 0.15) is 31.9 Å². The number of tetrazole rings is 1. The SMILES string of the molecule is COc1ccc([C@@H](c2nnnn2C2CCCC2)[NH+]2CC[NH+](C3CCCC3)CC2)cc1. The maximum atomic E-state index is 5.41. The molecule has 1 saturated heterocycles. The minimum absolute atomic E-state index is 0.191. The number of rotatable bonds is 6. The van der Waals surface area contributed by atoms with Crippen LogP contribution < -0.4 is 14.5 Å². The molecule has 1 aliphatic heterocycles. The lowest BCUT2D eigenvalue weighted by molar-refractivity contribution is -1.03. The van der Waals surface area contributed by atoms with Crippen LogP contribution in [-0.4, -0.2) is 59.5 Å². The van der Waals surface area contributed by atoms with Crippen molar-refractivity contribution < 1.29 is 14.5 Å². The van der Waals surface area contributed by atoms with Crippen molar-refractivity contribution in [3.63, 3.8) is 0 Å². The highest BCUT2D eigenvalue weighted by molar-refractivity contribution is 5.30. The Morgan fingerprint density at radius 2 is 1.60 bits per heavy atom. The third kappa shape index (κ3) is 3.97. The van der Waals surface area contributed by atoms with Crippen LogP contribution in [0.2, 0.25) is 0 Å². The first-order valence-corrected chi connectivity index (χ1v) is 11.9. The summed E-state index contributed by atoms with van der Waals surface area (Å²) in [7, 11) is 1.73. The number of benzene rings is 1. The molecule has 7 nitrogen and oxygen atoms in total. The van der Waals surface area contributed by atoms with Gasteiger partial charge in [-0.2, -0.15) is 0 Å². The Hall–Kier alpha value is -1.99. The lowest BCUT2D eigenvalue weighted by atomic mass is 10.0. The van der Waals surface area contributed by atoms with Crippen LogP contribution in [0, 0.1) is 0 Å². The average Bonchev–Trinajstić information content (AvgIpc) is 3.57. The number of hydrogen-bond donors (Lipinski definition) is 2. The van der Waals surface area contributed by atoms with Crippen LogP contribution >= 0.6 is 0 Å². The smallest absolute Gasteiger partial charge is 0.214 e. The van der Waals surface area contributed by atoms with E-state index in [-0.39, 0.29) is 6.04 Å². The standard InChI is InChI=1S/C23H34N6O/c1-30-21-12-10-18(11-13-21)22(23-24-25-26-29(23)20-8-4-5-9-20)28-16-14-27(15-17-28)19-6-2-3-7-19/h10-13,19-20,22H,2-9,14-17H2,1H3/p+2/t22-/m0/s1. The summed E-state index contributed by atoms with van der Waals surface area (Å²) in [6.07, 6.45) is 10.7. The first-order chi connectivity index (χ1) is 14.8. The van der Waals surface area contributed by atoms with Crippen LogP contribution in [0.15, 0.2) is 24.3 Å². The van der Waals surface area contributed by atoms with Crippen molar-refractivity contribution in [2.24, 2.45) is 0 Å². The van der Waals surface area contributed by atoms with Gasteiger partial charge in [-0.1, -0.05) is 12.8 Å². The van der Waals surface area contributed by atoms with Crippen LogP contribution in [0.3, 0.4) is 0 Å². The van der Waals surface area contributed by atoms with Crippen molar-refractivity contribution >= 4 is 0 Å². The van der Waals surface area contributed by atoms with Gasteiger partial charge < -0.3 is 14.5 Å². The van der Waals surface area contributed by atoms with E-state index in [2.05, 4.69) is 44.5 Å². The van der Waals surface area contributed by atoms with Gasteiger partial charge in [0, 0.05) is 5.56 Å². The Bertz CT molecular complexity index is 801. The number of piperazine rings is 1. The number of quaternary nitrogens is 2. The van der Waals surface area contributed by atoms with E-state index in [1.54, 1.807) is 12.0 Å². The van der Waals surface area contributed by atoms with E-state index >= 15 is 0 Å². The van der Waals surface area contributed by atoms with Crippen LogP contribution in [0.4, 0.5) is 0 Å².